The minimum Gasteiger partial charge on any atom is -0.326 e. The van der Waals surface area contributed by atoms with Gasteiger partial charge in [-0.15, -0.1) is 0 Å². The van der Waals surface area contributed by atoms with Crippen LogP contribution in [0.2, 0.25) is 5.02 Å². The molecule has 0 saturated heterocycles. The van der Waals surface area contributed by atoms with E-state index in [2.05, 4.69) is 4.72 Å². The fourth-order valence-electron chi connectivity index (χ4n) is 1.77. The topological polar surface area (TPSA) is 72.2 Å². The van der Waals surface area contributed by atoms with Gasteiger partial charge in [-0.2, -0.15) is 0 Å². The molecule has 0 aliphatic heterocycles. The first-order valence-electron chi connectivity index (χ1n) is 6.01. The molecule has 100 valence electrons. The van der Waals surface area contributed by atoms with E-state index in [9.17, 15) is 8.42 Å². The third-order valence-corrected chi connectivity index (χ3v) is 5.01. The third kappa shape index (κ3) is 3.45. The molecule has 0 spiro atoms. The Hall–Kier alpha value is -0.620. The number of halogens is 1. The summed E-state index contributed by atoms with van der Waals surface area (Å²) in [6.07, 6.45) is 3.33. The Morgan fingerprint density at radius 3 is 2.67 bits per heavy atom. The van der Waals surface area contributed by atoms with Gasteiger partial charge in [0.15, 0.2) is 0 Å². The van der Waals surface area contributed by atoms with E-state index in [1.165, 1.54) is 18.9 Å². The van der Waals surface area contributed by atoms with Crippen LogP contribution < -0.4 is 10.5 Å². The van der Waals surface area contributed by atoms with Crippen molar-refractivity contribution in [2.75, 3.05) is 6.54 Å². The zero-order chi connectivity index (χ0) is 13.2. The first kappa shape index (κ1) is 13.8. The van der Waals surface area contributed by atoms with Crippen LogP contribution in [0.1, 0.15) is 24.8 Å². The molecule has 0 aromatic heterocycles. The Balaban J connectivity index is 2.07. The fraction of sp³-hybridized carbons (Fsp3) is 0.500. The van der Waals surface area contributed by atoms with Gasteiger partial charge < -0.3 is 5.73 Å². The molecule has 1 aromatic rings. The van der Waals surface area contributed by atoms with Gasteiger partial charge in [0.05, 0.1) is 5.02 Å². The predicted molar refractivity (Wildman–Crippen MR) is 71.9 cm³/mol. The van der Waals surface area contributed by atoms with Crippen LogP contribution in [0.25, 0.3) is 0 Å². The summed E-state index contributed by atoms with van der Waals surface area (Å²) < 4.78 is 26.6. The van der Waals surface area contributed by atoms with Gasteiger partial charge in [-0.3, -0.25) is 0 Å². The predicted octanol–water partition coefficient (Wildman–Crippen LogP) is 1.88. The molecule has 2 rings (SSSR count). The van der Waals surface area contributed by atoms with Gasteiger partial charge in [-0.25, -0.2) is 13.1 Å². The number of hydrogen-bond donors (Lipinski definition) is 2. The van der Waals surface area contributed by atoms with Crippen molar-refractivity contribution >= 4 is 21.6 Å². The maximum Gasteiger partial charge on any atom is 0.242 e. The number of sulfonamides is 1. The first-order chi connectivity index (χ1) is 8.53. The molecule has 0 unspecified atom stereocenters. The van der Waals surface area contributed by atoms with Gasteiger partial charge in [0.1, 0.15) is 4.90 Å². The summed E-state index contributed by atoms with van der Waals surface area (Å²) >= 11 is 5.97. The second kappa shape index (κ2) is 5.57. The van der Waals surface area contributed by atoms with Crippen molar-refractivity contribution in [2.24, 2.45) is 11.7 Å². The summed E-state index contributed by atoms with van der Waals surface area (Å²) in [5, 5.41) is 0.219. The van der Waals surface area contributed by atoms with Gasteiger partial charge in [-0.1, -0.05) is 30.5 Å². The Kier molecular flexibility index (Phi) is 4.27. The van der Waals surface area contributed by atoms with Crippen LogP contribution in [-0.4, -0.2) is 15.0 Å². The molecule has 6 heteroatoms. The summed E-state index contributed by atoms with van der Waals surface area (Å²) in [4.78, 5) is 0.122. The first-order valence-corrected chi connectivity index (χ1v) is 7.87. The van der Waals surface area contributed by atoms with Crippen molar-refractivity contribution in [3.8, 4) is 0 Å². The Morgan fingerprint density at radius 2 is 2.11 bits per heavy atom. The Morgan fingerprint density at radius 1 is 1.39 bits per heavy atom. The molecule has 1 aliphatic rings. The Bertz CT molecular complexity index is 527. The maximum absolute atomic E-state index is 12.0. The van der Waals surface area contributed by atoms with Gasteiger partial charge in [0.2, 0.25) is 10.0 Å². The number of nitrogens with two attached hydrogens (primary N) is 1. The van der Waals surface area contributed by atoms with Crippen LogP contribution >= 0.6 is 11.6 Å². The Labute approximate surface area is 113 Å². The lowest BCUT2D eigenvalue weighted by molar-refractivity contribution is 0.575. The zero-order valence-electron chi connectivity index (χ0n) is 10.0. The van der Waals surface area contributed by atoms with Crippen LogP contribution in [0.15, 0.2) is 23.1 Å². The molecule has 3 N–H and O–H groups in total. The summed E-state index contributed by atoms with van der Waals surface area (Å²) in [6.45, 7) is 0.817. The molecule has 0 radical (unpaired) electrons. The monoisotopic (exact) mass is 288 g/mol. The lowest BCUT2D eigenvalue weighted by Crippen LogP contribution is -2.25. The molecule has 0 bridgehead atoms. The van der Waals surface area contributed by atoms with Crippen molar-refractivity contribution in [1.82, 2.24) is 4.72 Å². The van der Waals surface area contributed by atoms with Gasteiger partial charge in [0, 0.05) is 13.1 Å². The van der Waals surface area contributed by atoms with Gasteiger partial charge in [-0.05, 0) is 30.0 Å². The highest BCUT2D eigenvalue weighted by molar-refractivity contribution is 7.89. The average Bonchev–Trinajstić information content (AvgIpc) is 3.12. The highest BCUT2D eigenvalue weighted by Gasteiger charge is 2.23. The van der Waals surface area contributed by atoms with Crippen LogP contribution in [0.4, 0.5) is 0 Å². The van der Waals surface area contributed by atoms with E-state index in [1.54, 1.807) is 12.1 Å². The molecule has 0 atom stereocenters. The highest BCUT2D eigenvalue weighted by Crippen LogP contribution is 2.32. The van der Waals surface area contributed by atoms with Crippen molar-refractivity contribution in [2.45, 2.75) is 30.7 Å². The second-order valence-electron chi connectivity index (χ2n) is 4.60. The van der Waals surface area contributed by atoms with E-state index in [-0.39, 0.29) is 9.92 Å². The number of nitrogens with one attached hydrogen (secondary N) is 1. The standard InChI is InChI=1S/C12H17ClN2O2S/c13-11-7-10(8-14)3-4-12(11)18(16,17)15-6-5-9-1-2-9/h3-4,7,9,15H,1-2,5-6,8,14H2. The van der Waals surface area contributed by atoms with Gasteiger partial charge >= 0.3 is 0 Å². The van der Waals surface area contributed by atoms with Crippen molar-refractivity contribution in [3.05, 3.63) is 28.8 Å². The quantitative estimate of drug-likeness (QED) is 0.839. The van der Waals surface area contributed by atoms with E-state index in [0.717, 1.165) is 12.0 Å². The molecule has 1 saturated carbocycles. The summed E-state index contributed by atoms with van der Waals surface area (Å²) in [6, 6.07) is 4.78. The largest absolute Gasteiger partial charge is 0.326 e. The molecule has 4 nitrogen and oxygen atoms in total. The van der Waals surface area contributed by atoms with Crippen LogP contribution in [0, 0.1) is 5.92 Å². The van der Waals surface area contributed by atoms with E-state index < -0.39 is 10.0 Å². The molecular weight excluding hydrogens is 272 g/mol. The summed E-state index contributed by atoms with van der Waals surface area (Å²) in [7, 11) is -3.51. The van der Waals surface area contributed by atoms with E-state index >= 15 is 0 Å². The van der Waals surface area contributed by atoms with Crippen LogP contribution in [-0.2, 0) is 16.6 Å². The van der Waals surface area contributed by atoms with Gasteiger partial charge in [0.25, 0.3) is 0 Å². The number of rotatable bonds is 6. The minimum atomic E-state index is -3.51. The number of hydrogen-bond acceptors (Lipinski definition) is 3. The van der Waals surface area contributed by atoms with E-state index in [4.69, 9.17) is 17.3 Å². The molecule has 1 aliphatic carbocycles. The van der Waals surface area contributed by atoms with Crippen molar-refractivity contribution < 1.29 is 8.42 Å². The number of benzene rings is 1. The van der Waals surface area contributed by atoms with E-state index in [1.807, 2.05) is 0 Å². The normalized spacial score (nSPS) is 15.9. The smallest absolute Gasteiger partial charge is 0.242 e. The van der Waals surface area contributed by atoms with Crippen molar-refractivity contribution in [3.63, 3.8) is 0 Å². The summed E-state index contributed by atoms with van der Waals surface area (Å²) in [5.41, 5.74) is 6.29. The minimum absolute atomic E-state index is 0.122. The lowest BCUT2D eigenvalue weighted by atomic mass is 10.2. The second-order valence-corrected chi connectivity index (χ2v) is 6.74. The molecule has 1 fully saturated rings. The van der Waals surface area contributed by atoms with Crippen LogP contribution in [0.5, 0.6) is 0 Å². The average molecular weight is 289 g/mol. The highest BCUT2D eigenvalue weighted by atomic mass is 35.5. The van der Waals surface area contributed by atoms with Crippen LogP contribution in [0.3, 0.4) is 0 Å². The lowest BCUT2D eigenvalue weighted by Gasteiger charge is -2.09. The molecular formula is C12H17ClN2O2S. The molecule has 18 heavy (non-hydrogen) atoms. The fourth-order valence-corrected chi connectivity index (χ4v) is 3.38. The van der Waals surface area contributed by atoms with E-state index in [0.29, 0.717) is 19.0 Å². The third-order valence-electron chi connectivity index (χ3n) is 3.06. The molecule has 1 aromatic carbocycles. The molecule has 0 heterocycles. The SMILES string of the molecule is NCc1ccc(S(=O)(=O)NCCC2CC2)c(Cl)c1. The zero-order valence-corrected chi connectivity index (χ0v) is 11.6. The summed E-state index contributed by atoms with van der Waals surface area (Å²) in [5.74, 6) is 0.697. The maximum atomic E-state index is 12.0. The molecule has 0 amide bonds. The van der Waals surface area contributed by atoms with Crippen molar-refractivity contribution in [1.29, 1.82) is 0 Å².